The topological polar surface area (TPSA) is 168 Å². The van der Waals surface area contributed by atoms with Gasteiger partial charge in [-0.15, -0.1) is 0 Å². The second-order valence-electron chi connectivity index (χ2n) is 8.70. The summed E-state index contributed by atoms with van der Waals surface area (Å²) in [6.07, 6.45) is -6.93. The van der Waals surface area contributed by atoms with E-state index in [1.807, 2.05) is 0 Å². The van der Waals surface area contributed by atoms with Crippen LogP contribution in [0.1, 0.15) is 10.4 Å². The molecule has 4 aliphatic rings. The number of fused-ring (bicyclic) bond motifs is 3. The molecule has 180 valence electrons. The lowest BCUT2D eigenvalue weighted by Gasteiger charge is -2.43. The number of ether oxygens (including phenoxy) is 5. The van der Waals surface area contributed by atoms with Crippen LogP contribution < -0.4 is 0 Å². The van der Waals surface area contributed by atoms with Crippen molar-refractivity contribution in [3.8, 4) is 0 Å². The van der Waals surface area contributed by atoms with Gasteiger partial charge in [-0.1, -0.05) is 18.2 Å². The van der Waals surface area contributed by atoms with Gasteiger partial charge in [0.2, 0.25) is 6.29 Å². The Balaban J connectivity index is 1.32. The van der Waals surface area contributed by atoms with Gasteiger partial charge < -0.3 is 49.2 Å². The molecular formula is C22H26O11. The zero-order valence-electron chi connectivity index (χ0n) is 17.4. The van der Waals surface area contributed by atoms with Crippen molar-refractivity contribution in [1.29, 1.82) is 0 Å². The van der Waals surface area contributed by atoms with Crippen molar-refractivity contribution in [3.05, 3.63) is 48.2 Å². The fraction of sp³-hybridized carbons (Fsp3) is 0.591. The highest BCUT2D eigenvalue weighted by molar-refractivity contribution is 5.89. The van der Waals surface area contributed by atoms with E-state index in [1.54, 1.807) is 36.4 Å². The molecule has 11 atom stereocenters. The average Bonchev–Trinajstić information content (AvgIpc) is 3.52. The lowest BCUT2D eigenvalue weighted by Crippen LogP contribution is -2.60. The predicted octanol–water partition coefficient (Wildman–Crippen LogP) is -1.73. The van der Waals surface area contributed by atoms with Crippen LogP contribution in [0.15, 0.2) is 42.7 Å². The van der Waals surface area contributed by atoms with E-state index in [4.69, 9.17) is 23.7 Å². The number of carbonyl (C=O) groups excluding carboxylic acids is 1. The third kappa shape index (κ3) is 3.74. The van der Waals surface area contributed by atoms with Crippen LogP contribution in [-0.4, -0.2) is 99.5 Å². The van der Waals surface area contributed by atoms with Crippen molar-refractivity contribution in [3.63, 3.8) is 0 Å². The number of hydrogen-bond donors (Lipinski definition) is 5. The number of benzene rings is 1. The minimum absolute atomic E-state index is 0.157. The molecule has 0 radical (unpaired) electrons. The molecule has 0 spiro atoms. The second-order valence-corrected chi connectivity index (χ2v) is 8.70. The van der Waals surface area contributed by atoms with Crippen molar-refractivity contribution in [2.75, 3.05) is 13.2 Å². The van der Waals surface area contributed by atoms with Crippen LogP contribution in [0.5, 0.6) is 0 Å². The van der Waals surface area contributed by atoms with Crippen LogP contribution in [0.25, 0.3) is 0 Å². The number of esters is 1. The molecule has 2 saturated heterocycles. The Morgan fingerprint density at radius 3 is 2.48 bits per heavy atom. The molecule has 0 aromatic heterocycles. The van der Waals surface area contributed by atoms with E-state index in [1.165, 1.54) is 6.26 Å². The Kier molecular flexibility index (Phi) is 5.91. The molecule has 1 aromatic rings. The molecule has 0 bridgehead atoms. The van der Waals surface area contributed by atoms with Crippen LogP contribution >= 0.6 is 0 Å². The summed E-state index contributed by atoms with van der Waals surface area (Å²) in [4.78, 5) is 12.4. The monoisotopic (exact) mass is 466 g/mol. The van der Waals surface area contributed by atoms with Gasteiger partial charge in [0, 0.05) is 5.92 Å². The molecule has 1 saturated carbocycles. The second kappa shape index (κ2) is 8.60. The quantitative estimate of drug-likeness (QED) is 0.239. The zero-order valence-corrected chi connectivity index (χ0v) is 17.4. The molecule has 11 heteroatoms. The molecule has 1 aromatic carbocycles. The molecule has 1 aliphatic carbocycles. The number of hydrogen-bond acceptors (Lipinski definition) is 11. The van der Waals surface area contributed by atoms with E-state index in [2.05, 4.69) is 0 Å². The lowest BCUT2D eigenvalue weighted by molar-refractivity contribution is -0.344. The standard InChI is InChI=1S/C22H26O11/c23-8-12-15(25)16(26)17(27)21(31-12)32-20-13-11(6-7-29-20)14(24)18-22(13,33-18)9-30-19(28)10-4-2-1-3-5-10/h1-7,11-18,20-21,23-27H,8-9H2/t11-,12+,13+,14-,15+,16-,17+,18-,20-,21-,22+/m0/s1. The summed E-state index contributed by atoms with van der Waals surface area (Å²) in [5, 5.41) is 50.4. The van der Waals surface area contributed by atoms with Crippen LogP contribution in [0.3, 0.4) is 0 Å². The fourth-order valence-corrected chi connectivity index (χ4v) is 4.99. The number of aliphatic hydroxyl groups is 5. The smallest absolute Gasteiger partial charge is 0.338 e. The Morgan fingerprint density at radius 1 is 1.00 bits per heavy atom. The van der Waals surface area contributed by atoms with Gasteiger partial charge in [-0.2, -0.15) is 0 Å². The van der Waals surface area contributed by atoms with Crippen LogP contribution in [0, 0.1) is 11.8 Å². The van der Waals surface area contributed by atoms with E-state index in [0.29, 0.717) is 5.56 Å². The third-order valence-corrected chi connectivity index (χ3v) is 6.82. The van der Waals surface area contributed by atoms with Gasteiger partial charge in [0.1, 0.15) is 42.7 Å². The zero-order chi connectivity index (χ0) is 23.3. The number of epoxide rings is 1. The first-order valence-electron chi connectivity index (χ1n) is 10.7. The summed E-state index contributed by atoms with van der Waals surface area (Å²) < 4.78 is 28.1. The van der Waals surface area contributed by atoms with Crippen molar-refractivity contribution >= 4 is 5.97 Å². The summed E-state index contributed by atoms with van der Waals surface area (Å²) in [7, 11) is 0. The fourth-order valence-electron chi connectivity index (χ4n) is 4.99. The Bertz CT molecular complexity index is 892. The van der Waals surface area contributed by atoms with Crippen molar-refractivity contribution in [1.82, 2.24) is 0 Å². The number of carbonyl (C=O) groups is 1. The first-order valence-corrected chi connectivity index (χ1v) is 10.7. The summed E-state index contributed by atoms with van der Waals surface area (Å²) in [5.74, 6) is -1.61. The van der Waals surface area contributed by atoms with Crippen molar-refractivity contribution in [2.24, 2.45) is 11.8 Å². The van der Waals surface area contributed by atoms with E-state index >= 15 is 0 Å². The molecule has 5 rings (SSSR count). The SMILES string of the molecule is O=C(OC[C@]12O[C@H]1[C@@H](O)[C@H]1C=CO[C@@H](O[C@@H]3O[C@H](CO)[C@@H](O)[C@H](O)[C@H]3O)[C@@H]12)c1ccccc1. The normalized spacial score (nSPS) is 45.6. The van der Waals surface area contributed by atoms with Gasteiger partial charge in [0.25, 0.3) is 0 Å². The summed E-state index contributed by atoms with van der Waals surface area (Å²) in [6, 6.07) is 8.44. The van der Waals surface area contributed by atoms with Gasteiger partial charge >= 0.3 is 5.97 Å². The largest absolute Gasteiger partial charge is 0.472 e. The van der Waals surface area contributed by atoms with Gasteiger partial charge in [-0.05, 0) is 18.2 Å². The molecule has 3 aliphatic heterocycles. The van der Waals surface area contributed by atoms with E-state index in [-0.39, 0.29) is 6.61 Å². The summed E-state index contributed by atoms with van der Waals surface area (Å²) in [5.41, 5.74) is -0.701. The van der Waals surface area contributed by atoms with Crippen molar-refractivity contribution in [2.45, 2.75) is 54.8 Å². The molecule has 33 heavy (non-hydrogen) atoms. The van der Waals surface area contributed by atoms with E-state index in [9.17, 15) is 30.3 Å². The minimum atomic E-state index is -1.62. The molecule has 5 N–H and O–H groups in total. The molecular weight excluding hydrogens is 440 g/mol. The molecule has 3 fully saturated rings. The number of rotatable bonds is 6. The third-order valence-electron chi connectivity index (χ3n) is 6.82. The van der Waals surface area contributed by atoms with Gasteiger partial charge in [0.15, 0.2) is 6.29 Å². The van der Waals surface area contributed by atoms with E-state index < -0.39 is 79.2 Å². The van der Waals surface area contributed by atoms with Crippen LogP contribution in [0.4, 0.5) is 0 Å². The molecule has 0 unspecified atom stereocenters. The Morgan fingerprint density at radius 2 is 1.76 bits per heavy atom. The summed E-state index contributed by atoms with van der Waals surface area (Å²) in [6.45, 7) is -0.763. The molecule has 0 amide bonds. The minimum Gasteiger partial charge on any atom is -0.472 e. The highest BCUT2D eigenvalue weighted by atomic mass is 16.8. The maximum Gasteiger partial charge on any atom is 0.338 e. The summed E-state index contributed by atoms with van der Waals surface area (Å²) >= 11 is 0. The number of aliphatic hydroxyl groups excluding tert-OH is 5. The molecule has 11 nitrogen and oxygen atoms in total. The highest BCUT2D eigenvalue weighted by Crippen LogP contribution is 2.60. The maximum absolute atomic E-state index is 12.4. The van der Waals surface area contributed by atoms with Gasteiger partial charge in [0.05, 0.1) is 30.5 Å². The average molecular weight is 466 g/mol. The Hall–Kier alpha value is -2.09. The first-order chi connectivity index (χ1) is 15.9. The lowest BCUT2D eigenvalue weighted by atomic mass is 9.85. The van der Waals surface area contributed by atoms with Crippen molar-refractivity contribution < 1.29 is 54.0 Å². The van der Waals surface area contributed by atoms with Gasteiger partial charge in [-0.3, -0.25) is 0 Å². The van der Waals surface area contributed by atoms with Crippen LogP contribution in [0.2, 0.25) is 0 Å². The maximum atomic E-state index is 12.4. The van der Waals surface area contributed by atoms with Gasteiger partial charge in [-0.25, -0.2) is 4.79 Å². The van der Waals surface area contributed by atoms with Crippen LogP contribution in [-0.2, 0) is 23.7 Å². The van der Waals surface area contributed by atoms with E-state index in [0.717, 1.165) is 0 Å². The highest BCUT2D eigenvalue weighted by Gasteiger charge is 2.76. The predicted molar refractivity (Wildman–Crippen MR) is 106 cm³/mol. The Labute approximate surface area is 188 Å². The molecule has 3 heterocycles. The first kappa shape index (κ1) is 22.7.